The molecule has 0 spiro atoms. The number of aliphatic hydroxyl groups is 1. The molecule has 0 aromatic heterocycles. The van der Waals surface area contributed by atoms with E-state index < -0.39 is 50.4 Å². The second-order valence-electron chi connectivity index (χ2n) is 6.58. The van der Waals surface area contributed by atoms with Crippen LogP contribution in [0.15, 0.2) is 24.3 Å². The van der Waals surface area contributed by atoms with E-state index in [1.807, 2.05) is 0 Å². The van der Waals surface area contributed by atoms with Crippen molar-refractivity contribution >= 4 is 32.6 Å². The lowest BCUT2D eigenvalue weighted by Gasteiger charge is -2.23. The highest BCUT2D eigenvalue weighted by molar-refractivity contribution is 7.73. The van der Waals surface area contributed by atoms with Crippen LogP contribution in [0.25, 0.3) is 0 Å². The number of ketones is 1. The molecule has 0 fully saturated rings. The van der Waals surface area contributed by atoms with Crippen LogP contribution >= 0.6 is 15.0 Å². The van der Waals surface area contributed by atoms with E-state index in [0.717, 1.165) is 0 Å². The first kappa shape index (κ1) is 23.4. The zero-order chi connectivity index (χ0) is 21.8. The number of unbranched alkanes of at least 4 members (excludes halogenated alkanes) is 2. The van der Waals surface area contributed by atoms with Crippen LogP contribution in [0.1, 0.15) is 40.0 Å². The average molecular weight is 448 g/mol. The Bertz CT molecular complexity index is 898. The second kappa shape index (κ2) is 9.30. The van der Waals surface area contributed by atoms with Gasteiger partial charge in [0, 0.05) is 18.3 Å². The summed E-state index contributed by atoms with van der Waals surface area (Å²) in [7, 11) is -9.51. The van der Waals surface area contributed by atoms with Gasteiger partial charge in [-0.2, -0.15) is 0 Å². The van der Waals surface area contributed by atoms with Crippen molar-refractivity contribution in [2.75, 3.05) is 12.7 Å². The number of amides is 2. The van der Waals surface area contributed by atoms with Gasteiger partial charge in [0.25, 0.3) is 11.8 Å². The maximum absolute atomic E-state index is 12.4. The molecule has 11 nitrogen and oxygen atoms in total. The van der Waals surface area contributed by atoms with Crippen LogP contribution in [-0.4, -0.2) is 61.7 Å². The number of fused-ring (bicyclic) bond motifs is 1. The molecule has 29 heavy (non-hydrogen) atoms. The molecule has 2 amide bonds. The minimum Gasteiger partial charge on any atom is -0.372 e. The molecule has 6 N–H and O–H groups in total. The Morgan fingerprint density at radius 2 is 1.69 bits per heavy atom. The van der Waals surface area contributed by atoms with E-state index in [0.29, 0.717) is 12.8 Å². The van der Waals surface area contributed by atoms with E-state index in [2.05, 4.69) is 10.6 Å². The van der Waals surface area contributed by atoms with E-state index in [1.165, 1.54) is 12.1 Å². The third-order valence-electron chi connectivity index (χ3n) is 4.35. The van der Waals surface area contributed by atoms with Gasteiger partial charge in [-0.05, 0) is 18.9 Å². The Hall–Kier alpha value is -1.87. The third kappa shape index (κ3) is 5.82. The van der Waals surface area contributed by atoms with Crippen LogP contribution < -0.4 is 10.6 Å². The van der Waals surface area contributed by atoms with Crippen LogP contribution in [0.5, 0.6) is 0 Å². The molecule has 1 aromatic rings. The minimum atomic E-state index is -5.08. The van der Waals surface area contributed by atoms with Crippen molar-refractivity contribution in [3.05, 3.63) is 35.4 Å². The predicted molar refractivity (Wildman–Crippen MR) is 102 cm³/mol. The number of aliphatic hydroxyl groups excluding tert-OH is 1. The first-order valence-electron chi connectivity index (χ1n) is 8.72. The molecular formula is C16H22N2O9P2. The molecule has 0 saturated heterocycles. The van der Waals surface area contributed by atoms with Gasteiger partial charge in [-0.3, -0.25) is 23.5 Å². The monoisotopic (exact) mass is 448 g/mol. The lowest BCUT2D eigenvalue weighted by molar-refractivity contribution is -0.121. The van der Waals surface area contributed by atoms with Gasteiger partial charge in [-0.1, -0.05) is 24.6 Å². The zero-order valence-electron chi connectivity index (χ0n) is 15.2. The lowest BCUT2D eigenvalue weighted by Crippen LogP contribution is -2.54. The number of carbonyl (C=O) groups is 3. The van der Waals surface area contributed by atoms with Gasteiger partial charge in [-0.25, -0.2) is 0 Å². The van der Waals surface area contributed by atoms with Crippen molar-refractivity contribution in [1.82, 2.24) is 10.6 Å². The second-order valence-corrected chi connectivity index (χ2v) is 11.1. The molecule has 2 rings (SSSR count). The number of carbonyl (C=O) groups excluding carboxylic acids is 3. The first-order valence-corrected chi connectivity index (χ1v) is 12.3. The predicted octanol–water partition coefficient (Wildman–Crippen LogP) is -0.00820. The van der Waals surface area contributed by atoms with Gasteiger partial charge in [0.05, 0.1) is 5.56 Å². The molecule has 160 valence electrons. The molecule has 13 heteroatoms. The number of Topliss-reactive ketones (excluding diaryl/α,β-unsaturated/α-hetero) is 1. The van der Waals surface area contributed by atoms with Crippen LogP contribution in [-0.2, 0) is 13.9 Å². The molecule has 0 radical (unpaired) electrons. The largest absolute Gasteiger partial charge is 0.372 e. The van der Waals surface area contributed by atoms with Crippen molar-refractivity contribution in [2.45, 2.75) is 30.9 Å². The van der Waals surface area contributed by atoms with Crippen molar-refractivity contribution in [3.63, 3.8) is 0 Å². The number of rotatable bonds is 9. The maximum atomic E-state index is 12.4. The summed E-state index contributed by atoms with van der Waals surface area (Å²) in [6.45, 7) is 0.122. The summed E-state index contributed by atoms with van der Waals surface area (Å²) >= 11 is 0. The Balaban J connectivity index is 1.77. The summed E-state index contributed by atoms with van der Waals surface area (Å²) in [5.41, 5.74) is -2.25. The molecule has 1 aromatic carbocycles. The van der Waals surface area contributed by atoms with E-state index in [4.69, 9.17) is 9.79 Å². The van der Waals surface area contributed by atoms with E-state index in [-0.39, 0.29) is 24.1 Å². The van der Waals surface area contributed by atoms with Gasteiger partial charge in [0.1, 0.15) is 0 Å². The molecule has 3 atom stereocenters. The smallest absolute Gasteiger partial charge is 0.363 e. The van der Waals surface area contributed by atoms with Crippen molar-refractivity contribution in [2.24, 2.45) is 0 Å². The quantitative estimate of drug-likeness (QED) is 0.171. The normalized spacial score (nSPS) is 19.7. The highest BCUT2D eigenvalue weighted by Gasteiger charge is 2.42. The van der Waals surface area contributed by atoms with E-state index in [9.17, 15) is 33.5 Å². The average Bonchev–Trinajstić information content (AvgIpc) is 2.65. The summed E-state index contributed by atoms with van der Waals surface area (Å²) < 4.78 is 22.6. The SMILES string of the molecule is O=C1NC(C(=O)NCCCCCP(=O)(O)C(O)P(=O)(O)O)C(=O)c2ccccc21. The minimum absolute atomic E-state index is 0.0905. The number of hydrogen-bond acceptors (Lipinski definition) is 6. The molecule has 1 heterocycles. The molecule has 0 aliphatic carbocycles. The Labute approximate surface area is 166 Å². The Morgan fingerprint density at radius 1 is 1.07 bits per heavy atom. The molecule has 1 aliphatic rings. The Kier molecular flexibility index (Phi) is 7.50. The topological polar surface area (TPSA) is 190 Å². The van der Waals surface area contributed by atoms with Crippen molar-refractivity contribution < 1.29 is 43.3 Å². The lowest BCUT2D eigenvalue weighted by atomic mass is 9.93. The molecule has 3 unspecified atom stereocenters. The van der Waals surface area contributed by atoms with Gasteiger partial charge < -0.3 is 30.4 Å². The summed E-state index contributed by atoms with van der Waals surface area (Å²) in [6, 6.07) is 4.81. The van der Waals surface area contributed by atoms with Crippen molar-refractivity contribution in [1.29, 1.82) is 0 Å². The van der Waals surface area contributed by atoms with Crippen LogP contribution in [0, 0.1) is 0 Å². The van der Waals surface area contributed by atoms with E-state index in [1.54, 1.807) is 12.1 Å². The van der Waals surface area contributed by atoms with Crippen molar-refractivity contribution in [3.8, 4) is 0 Å². The first-order chi connectivity index (χ1) is 13.4. The third-order valence-corrected chi connectivity index (χ3v) is 8.62. The number of benzene rings is 1. The van der Waals surface area contributed by atoms with Crippen LogP contribution in [0.4, 0.5) is 0 Å². The number of nitrogens with one attached hydrogen (secondary N) is 2. The molecule has 0 bridgehead atoms. The fourth-order valence-corrected chi connectivity index (χ4v) is 5.95. The summed E-state index contributed by atoms with van der Waals surface area (Å²) in [4.78, 5) is 63.7. The highest BCUT2D eigenvalue weighted by Crippen LogP contribution is 2.60. The number of hydrogen-bond donors (Lipinski definition) is 6. The summed E-state index contributed by atoms with van der Waals surface area (Å²) in [6.07, 6.45) is 0.282. The highest BCUT2D eigenvalue weighted by atomic mass is 31.2. The van der Waals surface area contributed by atoms with Gasteiger partial charge in [0.2, 0.25) is 13.0 Å². The molecular weight excluding hydrogens is 426 g/mol. The maximum Gasteiger partial charge on any atom is 0.363 e. The van der Waals surface area contributed by atoms with Crippen LogP contribution in [0.2, 0.25) is 0 Å². The zero-order valence-corrected chi connectivity index (χ0v) is 17.0. The fraction of sp³-hybridized carbons (Fsp3) is 0.438. The molecule has 1 aliphatic heterocycles. The van der Waals surface area contributed by atoms with E-state index >= 15 is 0 Å². The standard InChI is InChI=1S/C16H22N2O9P2/c19-13-10-6-2-3-7-11(10)14(20)18-12(13)15(21)17-8-4-1-5-9-28(23,24)16(22)29(25,26)27/h2-3,6-7,12,16,22H,1,4-5,8-9H2,(H,17,21)(H,18,20)(H,23,24)(H2,25,26,27). The van der Waals surface area contributed by atoms with Gasteiger partial charge in [-0.15, -0.1) is 0 Å². The fourth-order valence-electron chi connectivity index (χ4n) is 2.81. The van der Waals surface area contributed by atoms with Crippen LogP contribution in [0.3, 0.4) is 0 Å². The van der Waals surface area contributed by atoms with Gasteiger partial charge in [0.15, 0.2) is 11.8 Å². The van der Waals surface area contributed by atoms with Gasteiger partial charge >= 0.3 is 7.60 Å². The molecule has 0 saturated carbocycles. The summed E-state index contributed by atoms with van der Waals surface area (Å²) in [5.74, 6) is -1.73. The Morgan fingerprint density at radius 3 is 2.31 bits per heavy atom. The summed E-state index contributed by atoms with van der Waals surface area (Å²) in [5, 5.41) is 14.1.